The van der Waals surface area contributed by atoms with Gasteiger partial charge in [0.05, 0.1) is 12.1 Å². The van der Waals surface area contributed by atoms with Gasteiger partial charge in [0, 0.05) is 12.3 Å². The van der Waals surface area contributed by atoms with E-state index in [2.05, 4.69) is 5.32 Å². The number of benzene rings is 1. The number of nitrogens with one attached hydrogen (secondary N) is 1. The lowest BCUT2D eigenvalue weighted by molar-refractivity contribution is -0.169. The van der Waals surface area contributed by atoms with Gasteiger partial charge in [0.2, 0.25) is 0 Å². The van der Waals surface area contributed by atoms with Gasteiger partial charge in [0.15, 0.2) is 0 Å². The van der Waals surface area contributed by atoms with E-state index in [0.717, 1.165) is 37.8 Å². The number of hydrogen-bond acceptors (Lipinski definition) is 3. The molecule has 1 unspecified atom stereocenters. The minimum Gasteiger partial charge on any atom is -0.385 e. The van der Waals surface area contributed by atoms with Crippen molar-refractivity contribution in [1.82, 2.24) is 0 Å². The standard InChI is InChI=1S/C15H20FNO2/c16-11-4-6-12(7-5-11)17-13-8-10-19-14-3-1-2-9-15(13,14)18/h4-7,13-14,17-18H,1-3,8-10H2/t13?,14-,15-/m0/s1. The molecule has 3 nitrogen and oxygen atoms in total. The monoisotopic (exact) mass is 265 g/mol. The van der Waals surface area contributed by atoms with Crippen LogP contribution < -0.4 is 5.32 Å². The maximum atomic E-state index is 12.9. The molecule has 3 rings (SSSR count). The molecular weight excluding hydrogens is 245 g/mol. The highest BCUT2D eigenvalue weighted by Gasteiger charge is 2.48. The molecule has 1 aliphatic carbocycles. The Morgan fingerprint density at radius 3 is 2.79 bits per heavy atom. The van der Waals surface area contributed by atoms with Gasteiger partial charge in [-0.3, -0.25) is 0 Å². The molecule has 104 valence electrons. The third kappa shape index (κ3) is 2.47. The lowest BCUT2D eigenvalue weighted by Gasteiger charge is -2.48. The fraction of sp³-hybridized carbons (Fsp3) is 0.600. The van der Waals surface area contributed by atoms with Crippen molar-refractivity contribution in [2.24, 2.45) is 0 Å². The van der Waals surface area contributed by atoms with Gasteiger partial charge in [-0.2, -0.15) is 0 Å². The van der Waals surface area contributed by atoms with Crippen molar-refractivity contribution >= 4 is 5.69 Å². The van der Waals surface area contributed by atoms with Crippen molar-refractivity contribution in [3.63, 3.8) is 0 Å². The Morgan fingerprint density at radius 2 is 2.00 bits per heavy atom. The summed E-state index contributed by atoms with van der Waals surface area (Å²) in [7, 11) is 0. The highest BCUT2D eigenvalue weighted by Crippen LogP contribution is 2.38. The van der Waals surface area contributed by atoms with E-state index in [0.29, 0.717) is 6.61 Å². The Labute approximate surface area is 112 Å². The normalized spacial score (nSPS) is 34.6. The van der Waals surface area contributed by atoms with E-state index in [9.17, 15) is 9.50 Å². The molecule has 19 heavy (non-hydrogen) atoms. The minimum atomic E-state index is -0.787. The van der Waals surface area contributed by atoms with Crippen LogP contribution in [-0.4, -0.2) is 29.5 Å². The maximum absolute atomic E-state index is 12.9. The summed E-state index contributed by atoms with van der Waals surface area (Å²) in [5, 5.41) is 14.3. The average molecular weight is 265 g/mol. The van der Waals surface area contributed by atoms with Gasteiger partial charge in [0.1, 0.15) is 11.4 Å². The molecule has 4 heteroatoms. The molecule has 2 N–H and O–H groups in total. The first-order valence-corrected chi connectivity index (χ1v) is 7.04. The van der Waals surface area contributed by atoms with Gasteiger partial charge in [0.25, 0.3) is 0 Å². The Hall–Kier alpha value is -1.13. The number of ether oxygens (including phenoxy) is 1. The van der Waals surface area contributed by atoms with Crippen LogP contribution in [0.3, 0.4) is 0 Å². The lowest BCUT2D eigenvalue weighted by atomic mass is 9.74. The summed E-state index contributed by atoms with van der Waals surface area (Å²) >= 11 is 0. The molecule has 2 aliphatic rings. The molecule has 1 aliphatic heterocycles. The Morgan fingerprint density at radius 1 is 1.21 bits per heavy atom. The first-order chi connectivity index (χ1) is 9.18. The van der Waals surface area contributed by atoms with Crippen LogP contribution in [0.4, 0.5) is 10.1 Å². The van der Waals surface area contributed by atoms with Gasteiger partial charge in [-0.15, -0.1) is 0 Å². The fourth-order valence-electron chi connectivity index (χ4n) is 3.30. The highest BCUT2D eigenvalue weighted by atomic mass is 19.1. The second-order valence-corrected chi connectivity index (χ2v) is 5.59. The Balaban J connectivity index is 1.77. The molecule has 1 aromatic carbocycles. The van der Waals surface area contributed by atoms with Crippen molar-refractivity contribution in [3.8, 4) is 0 Å². The van der Waals surface area contributed by atoms with Crippen LogP contribution >= 0.6 is 0 Å². The number of rotatable bonds is 2. The molecule has 0 spiro atoms. The summed E-state index contributed by atoms with van der Waals surface area (Å²) in [6, 6.07) is 6.28. The molecule has 1 saturated heterocycles. The smallest absolute Gasteiger partial charge is 0.123 e. The van der Waals surface area contributed by atoms with Crippen LogP contribution in [-0.2, 0) is 4.74 Å². The SMILES string of the molecule is O[C@]12CCCC[C@@H]1OCCC2Nc1ccc(F)cc1. The number of fused-ring (bicyclic) bond motifs is 1. The zero-order chi connectivity index (χ0) is 13.3. The van der Waals surface area contributed by atoms with Crippen molar-refractivity contribution in [2.45, 2.75) is 49.9 Å². The Kier molecular flexibility index (Phi) is 3.46. The van der Waals surface area contributed by atoms with E-state index in [1.165, 1.54) is 12.1 Å². The van der Waals surface area contributed by atoms with Gasteiger partial charge >= 0.3 is 0 Å². The molecule has 1 heterocycles. The first-order valence-electron chi connectivity index (χ1n) is 7.04. The van der Waals surface area contributed by atoms with Gasteiger partial charge in [-0.25, -0.2) is 4.39 Å². The zero-order valence-corrected chi connectivity index (χ0v) is 10.9. The number of aliphatic hydroxyl groups is 1. The molecule has 0 radical (unpaired) electrons. The van der Waals surface area contributed by atoms with E-state index in [4.69, 9.17) is 4.74 Å². The molecular formula is C15H20FNO2. The summed E-state index contributed by atoms with van der Waals surface area (Å²) in [6.07, 6.45) is 4.58. The molecule has 3 atom stereocenters. The van der Waals surface area contributed by atoms with Crippen molar-refractivity contribution in [3.05, 3.63) is 30.1 Å². The topological polar surface area (TPSA) is 41.5 Å². The molecule has 0 bridgehead atoms. The van der Waals surface area contributed by atoms with Crippen LogP contribution in [0.1, 0.15) is 32.1 Å². The summed E-state index contributed by atoms with van der Waals surface area (Å²) in [5.74, 6) is -0.244. The largest absolute Gasteiger partial charge is 0.385 e. The summed E-state index contributed by atoms with van der Waals surface area (Å²) in [5.41, 5.74) is 0.0660. The van der Waals surface area contributed by atoms with Crippen LogP contribution in [0.25, 0.3) is 0 Å². The van der Waals surface area contributed by atoms with E-state index >= 15 is 0 Å². The second kappa shape index (κ2) is 5.10. The van der Waals surface area contributed by atoms with Crippen molar-refractivity contribution < 1.29 is 14.2 Å². The van der Waals surface area contributed by atoms with E-state index < -0.39 is 5.60 Å². The lowest BCUT2D eigenvalue weighted by Crippen LogP contribution is -2.61. The summed E-state index contributed by atoms with van der Waals surface area (Å²) in [6.45, 7) is 0.672. The first kappa shape index (κ1) is 12.9. The molecule has 1 saturated carbocycles. The van der Waals surface area contributed by atoms with Crippen LogP contribution in [0.5, 0.6) is 0 Å². The van der Waals surface area contributed by atoms with Crippen molar-refractivity contribution in [1.29, 1.82) is 0 Å². The predicted octanol–water partition coefficient (Wildman–Crippen LogP) is 2.70. The third-order valence-corrected chi connectivity index (χ3v) is 4.37. The molecule has 2 fully saturated rings. The van der Waals surface area contributed by atoms with Crippen molar-refractivity contribution in [2.75, 3.05) is 11.9 Å². The predicted molar refractivity (Wildman–Crippen MR) is 71.6 cm³/mol. The van der Waals surface area contributed by atoms with Crippen LogP contribution in [0, 0.1) is 5.82 Å². The van der Waals surface area contributed by atoms with Crippen LogP contribution in [0.2, 0.25) is 0 Å². The van der Waals surface area contributed by atoms with E-state index in [1.807, 2.05) is 0 Å². The minimum absolute atomic E-state index is 0.0167. The number of halogens is 1. The molecule has 0 amide bonds. The van der Waals surface area contributed by atoms with E-state index in [1.54, 1.807) is 12.1 Å². The average Bonchev–Trinajstić information content (AvgIpc) is 2.42. The maximum Gasteiger partial charge on any atom is 0.123 e. The van der Waals surface area contributed by atoms with E-state index in [-0.39, 0.29) is 18.0 Å². The number of anilines is 1. The Bertz CT molecular complexity index is 434. The summed E-state index contributed by atoms with van der Waals surface area (Å²) < 4.78 is 18.6. The molecule has 1 aromatic rings. The zero-order valence-electron chi connectivity index (χ0n) is 10.9. The van der Waals surface area contributed by atoms with Crippen LogP contribution in [0.15, 0.2) is 24.3 Å². The quantitative estimate of drug-likeness (QED) is 0.864. The third-order valence-electron chi connectivity index (χ3n) is 4.37. The second-order valence-electron chi connectivity index (χ2n) is 5.59. The number of hydrogen-bond donors (Lipinski definition) is 2. The van der Waals surface area contributed by atoms with Gasteiger partial charge < -0.3 is 15.2 Å². The molecule has 0 aromatic heterocycles. The fourth-order valence-corrected chi connectivity index (χ4v) is 3.30. The van der Waals surface area contributed by atoms with Gasteiger partial charge in [-0.05, 0) is 43.5 Å². The van der Waals surface area contributed by atoms with Gasteiger partial charge in [-0.1, -0.05) is 12.8 Å². The summed E-state index contributed by atoms with van der Waals surface area (Å²) in [4.78, 5) is 0. The highest BCUT2D eigenvalue weighted by molar-refractivity contribution is 5.44.